The molecule has 0 bridgehead atoms. The van der Waals surface area contributed by atoms with Gasteiger partial charge < -0.3 is 4.74 Å². The lowest BCUT2D eigenvalue weighted by Gasteiger charge is -2.09. The minimum Gasteiger partial charge on any atom is -0.378 e. The van der Waals surface area contributed by atoms with E-state index in [0.717, 1.165) is 25.9 Å². The number of ketones is 1. The van der Waals surface area contributed by atoms with Gasteiger partial charge >= 0.3 is 0 Å². The van der Waals surface area contributed by atoms with E-state index in [0.29, 0.717) is 17.5 Å². The molecule has 0 aliphatic carbocycles. The molecule has 1 saturated heterocycles. The molecule has 0 spiro atoms. The molecule has 0 N–H and O–H groups in total. The summed E-state index contributed by atoms with van der Waals surface area (Å²) in [5, 5.41) is 0. The van der Waals surface area contributed by atoms with Crippen molar-refractivity contribution in [1.29, 1.82) is 0 Å². The predicted octanol–water partition coefficient (Wildman–Crippen LogP) is 3.28. The average Bonchev–Trinajstić information content (AvgIpc) is 2.78. The van der Waals surface area contributed by atoms with Crippen molar-refractivity contribution in [2.45, 2.75) is 38.7 Å². The first kappa shape index (κ1) is 12.2. The third-order valence-corrected chi connectivity index (χ3v) is 3.21. The number of carbonyl (C=O) groups excluding carboxylic acids is 1. The maximum Gasteiger partial charge on any atom is 0.163 e. The summed E-state index contributed by atoms with van der Waals surface area (Å²) in [6.07, 6.45) is 3.64. The molecular weight excluding hydrogens is 219 g/mol. The van der Waals surface area contributed by atoms with Crippen molar-refractivity contribution in [2.75, 3.05) is 6.61 Å². The van der Waals surface area contributed by atoms with Gasteiger partial charge in [0.15, 0.2) is 5.78 Å². The Balaban J connectivity index is 1.94. The molecule has 3 heteroatoms. The van der Waals surface area contributed by atoms with Crippen LogP contribution in [0.1, 0.15) is 41.6 Å². The molecule has 1 unspecified atom stereocenters. The highest BCUT2D eigenvalue weighted by atomic mass is 19.1. The Kier molecular flexibility index (Phi) is 3.89. The molecule has 2 rings (SSSR count). The van der Waals surface area contributed by atoms with Gasteiger partial charge in [-0.1, -0.05) is 0 Å². The van der Waals surface area contributed by atoms with Gasteiger partial charge in [0.1, 0.15) is 5.82 Å². The van der Waals surface area contributed by atoms with Gasteiger partial charge in [-0.3, -0.25) is 4.79 Å². The molecular formula is C14H17FO2. The van der Waals surface area contributed by atoms with Crippen molar-refractivity contribution in [1.82, 2.24) is 0 Å². The Morgan fingerprint density at radius 3 is 3.00 bits per heavy atom. The van der Waals surface area contributed by atoms with Crippen molar-refractivity contribution in [3.8, 4) is 0 Å². The second-order valence-electron chi connectivity index (χ2n) is 4.56. The van der Waals surface area contributed by atoms with E-state index < -0.39 is 0 Å². The molecule has 1 aliphatic rings. The number of rotatable bonds is 4. The summed E-state index contributed by atoms with van der Waals surface area (Å²) < 4.78 is 18.4. The van der Waals surface area contributed by atoms with Crippen LogP contribution in [0.3, 0.4) is 0 Å². The predicted molar refractivity (Wildman–Crippen MR) is 63.7 cm³/mol. The number of halogens is 1. The minimum atomic E-state index is -0.293. The number of Topliss-reactive ketones (excluding diaryl/α,β-unsaturated/α-hetero) is 1. The van der Waals surface area contributed by atoms with E-state index in [1.54, 1.807) is 13.0 Å². The summed E-state index contributed by atoms with van der Waals surface area (Å²) in [5.74, 6) is -0.212. The first-order valence-corrected chi connectivity index (χ1v) is 6.08. The second-order valence-corrected chi connectivity index (χ2v) is 4.56. The number of hydrogen-bond donors (Lipinski definition) is 0. The Labute approximate surface area is 101 Å². The molecule has 0 saturated carbocycles. The maximum absolute atomic E-state index is 12.9. The Morgan fingerprint density at radius 2 is 2.35 bits per heavy atom. The average molecular weight is 236 g/mol. The van der Waals surface area contributed by atoms with Gasteiger partial charge in [0, 0.05) is 18.6 Å². The highest BCUT2D eigenvalue weighted by Gasteiger charge is 2.18. The lowest BCUT2D eigenvalue weighted by molar-refractivity contribution is 0.0859. The SMILES string of the molecule is Cc1cc(F)ccc1C(=O)CCC1CCCO1. The number of benzene rings is 1. The van der Waals surface area contributed by atoms with Crippen LogP contribution >= 0.6 is 0 Å². The Hall–Kier alpha value is -1.22. The molecule has 1 aromatic carbocycles. The van der Waals surface area contributed by atoms with Crippen LogP contribution in [0.4, 0.5) is 4.39 Å². The van der Waals surface area contributed by atoms with Crippen LogP contribution in [0.25, 0.3) is 0 Å². The molecule has 0 aromatic heterocycles. The van der Waals surface area contributed by atoms with Crippen molar-refractivity contribution < 1.29 is 13.9 Å². The lowest BCUT2D eigenvalue weighted by atomic mass is 9.99. The van der Waals surface area contributed by atoms with Crippen LogP contribution in [0.5, 0.6) is 0 Å². The van der Waals surface area contributed by atoms with Gasteiger partial charge in [-0.15, -0.1) is 0 Å². The summed E-state index contributed by atoms with van der Waals surface area (Å²) >= 11 is 0. The zero-order valence-electron chi connectivity index (χ0n) is 10.0. The molecule has 0 amide bonds. The van der Waals surface area contributed by atoms with E-state index in [-0.39, 0.29) is 17.7 Å². The van der Waals surface area contributed by atoms with E-state index in [1.807, 2.05) is 0 Å². The zero-order valence-corrected chi connectivity index (χ0v) is 10.0. The van der Waals surface area contributed by atoms with E-state index in [4.69, 9.17) is 4.74 Å². The molecule has 17 heavy (non-hydrogen) atoms. The van der Waals surface area contributed by atoms with Crippen molar-refractivity contribution in [3.63, 3.8) is 0 Å². The minimum absolute atomic E-state index is 0.0815. The van der Waals surface area contributed by atoms with Gasteiger partial charge in [0.2, 0.25) is 0 Å². The molecule has 2 nitrogen and oxygen atoms in total. The molecule has 1 fully saturated rings. The van der Waals surface area contributed by atoms with Crippen LogP contribution in [0.2, 0.25) is 0 Å². The molecule has 1 atom stereocenters. The Morgan fingerprint density at radius 1 is 1.53 bits per heavy atom. The number of carbonyl (C=O) groups is 1. The van der Waals surface area contributed by atoms with Crippen LogP contribution < -0.4 is 0 Å². The highest BCUT2D eigenvalue weighted by Crippen LogP contribution is 2.19. The fraction of sp³-hybridized carbons (Fsp3) is 0.500. The molecule has 1 heterocycles. The summed E-state index contributed by atoms with van der Waals surface area (Å²) in [5.41, 5.74) is 1.34. The number of ether oxygens (including phenoxy) is 1. The zero-order chi connectivity index (χ0) is 12.3. The summed E-state index contributed by atoms with van der Waals surface area (Å²) in [6.45, 7) is 2.58. The summed E-state index contributed by atoms with van der Waals surface area (Å²) in [7, 11) is 0. The number of hydrogen-bond acceptors (Lipinski definition) is 2. The topological polar surface area (TPSA) is 26.3 Å². The second kappa shape index (κ2) is 5.41. The first-order chi connectivity index (χ1) is 8.16. The third kappa shape index (κ3) is 3.13. The monoisotopic (exact) mass is 236 g/mol. The van der Waals surface area contributed by atoms with Crippen LogP contribution in [-0.2, 0) is 4.74 Å². The van der Waals surface area contributed by atoms with Crippen molar-refractivity contribution in [3.05, 3.63) is 35.1 Å². The molecule has 1 aliphatic heterocycles. The fourth-order valence-corrected chi connectivity index (χ4v) is 2.24. The van der Waals surface area contributed by atoms with E-state index in [9.17, 15) is 9.18 Å². The highest BCUT2D eigenvalue weighted by molar-refractivity contribution is 5.97. The lowest BCUT2D eigenvalue weighted by Crippen LogP contribution is -2.09. The van der Waals surface area contributed by atoms with Gasteiger partial charge in [0.05, 0.1) is 6.10 Å². The molecule has 1 aromatic rings. The van der Waals surface area contributed by atoms with Gasteiger partial charge in [0.25, 0.3) is 0 Å². The standard InChI is InChI=1S/C14H17FO2/c1-10-9-11(15)4-6-13(10)14(16)7-5-12-3-2-8-17-12/h4,6,9,12H,2-3,5,7-8H2,1H3. The van der Waals surface area contributed by atoms with Gasteiger partial charge in [-0.2, -0.15) is 0 Å². The van der Waals surface area contributed by atoms with Gasteiger partial charge in [-0.25, -0.2) is 4.39 Å². The van der Waals surface area contributed by atoms with Crippen LogP contribution in [0.15, 0.2) is 18.2 Å². The summed E-state index contributed by atoms with van der Waals surface area (Å²) in [6, 6.07) is 4.31. The maximum atomic E-state index is 12.9. The van der Waals surface area contributed by atoms with Crippen LogP contribution in [0, 0.1) is 12.7 Å². The van der Waals surface area contributed by atoms with E-state index >= 15 is 0 Å². The quantitative estimate of drug-likeness (QED) is 0.750. The molecule has 92 valence electrons. The Bertz CT molecular complexity index is 409. The normalized spacial score (nSPS) is 19.5. The first-order valence-electron chi connectivity index (χ1n) is 6.08. The van der Waals surface area contributed by atoms with Crippen molar-refractivity contribution in [2.24, 2.45) is 0 Å². The largest absolute Gasteiger partial charge is 0.378 e. The number of aryl methyl sites for hydroxylation is 1. The molecule has 0 radical (unpaired) electrons. The van der Waals surface area contributed by atoms with Crippen molar-refractivity contribution >= 4 is 5.78 Å². The van der Waals surface area contributed by atoms with E-state index in [2.05, 4.69) is 0 Å². The van der Waals surface area contributed by atoms with E-state index in [1.165, 1.54) is 12.1 Å². The smallest absolute Gasteiger partial charge is 0.163 e. The van der Waals surface area contributed by atoms with Gasteiger partial charge in [-0.05, 0) is 49.9 Å². The van der Waals surface area contributed by atoms with Crippen LogP contribution in [-0.4, -0.2) is 18.5 Å². The fourth-order valence-electron chi connectivity index (χ4n) is 2.24. The summed E-state index contributed by atoms with van der Waals surface area (Å²) in [4.78, 5) is 12.0. The third-order valence-electron chi connectivity index (χ3n) is 3.21.